The van der Waals surface area contributed by atoms with Gasteiger partial charge in [-0.3, -0.25) is 0 Å². The Morgan fingerprint density at radius 2 is 0.500 bits per heavy atom. The molecule has 0 heteroatoms. The predicted molar refractivity (Wildman–Crippen MR) is 273 cm³/mol. The normalized spacial score (nSPS) is 11.5. The van der Waals surface area contributed by atoms with E-state index in [4.69, 9.17) is 0 Å². The molecule has 0 unspecified atom stereocenters. The Bertz CT molecular complexity index is 3730. The molecule has 13 rings (SSSR count). The predicted octanol–water partition coefficient (Wildman–Crippen LogP) is 18.5. The quantitative estimate of drug-likeness (QED) is 0.156. The highest BCUT2D eigenvalue weighted by Gasteiger charge is 2.26. The van der Waals surface area contributed by atoms with Crippen molar-refractivity contribution >= 4 is 86.2 Å². The van der Waals surface area contributed by atoms with Gasteiger partial charge in [0.25, 0.3) is 0 Å². The highest BCUT2D eigenvalue weighted by Crippen LogP contribution is 2.54. The molecule has 0 atom stereocenters. The summed E-state index contributed by atoms with van der Waals surface area (Å²) < 4.78 is 0. The molecule has 0 aliphatic heterocycles. The minimum atomic E-state index is 1.24. The maximum atomic E-state index is 2.55. The Kier molecular flexibility index (Phi) is 9.17. The van der Waals surface area contributed by atoms with E-state index < -0.39 is 0 Å². The molecule has 0 aromatic heterocycles. The molecule has 0 saturated heterocycles. The molecule has 0 aliphatic carbocycles. The zero-order valence-electron chi connectivity index (χ0n) is 35.6. The Balaban J connectivity index is 0.00000105. The van der Waals surface area contributed by atoms with Gasteiger partial charge in [0.05, 0.1) is 0 Å². The molecule has 0 amide bonds. The fraction of sp³-hybridized carbons (Fsp3) is 0.0645. The molecule has 0 aliphatic rings. The first kappa shape index (κ1) is 37.5. The molecule has 13 aromatic rings. The van der Waals surface area contributed by atoms with Crippen LogP contribution in [0, 0.1) is 0 Å². The van der Waals surface area contributed by atoms with E-state index in [1.165, 1.54) is 131 Å². The first-order chi connectivity index (χ1) is 30.8. The zero-order chi connectivity index (χ0) is 41.9. The van der Waals surface area contributed by atoms with Crippen molar-refractivity contribution < 1.29 is 0 Å². The van der Waals surface area contributed by atoms with E-state index in [-0.39, 0.29) is 0 Å². The second-order valence-electron chi connectivity index (χ2n) is 15.8. The lowest BCUT2D eigenvalue weighted by molar-refractivity contribution is 1.50. The molecule has 0 N–H and O–H groups in total. The van der Waals surface area contributed by atoms with Gasteiger partial charge < -0.3 is 0 Å². The summed E-state index contributed by atoms with van der Waals surface area (Å²) in [6.45, 7) is 8.00. The molecule has 0 fully saturated rings. The molecular formula is C62H46. The van der Waals surface area contributed by atoms with Crippen molar-refractivity contribution in [1.82, 2.24) is 0 Å². The standard InChI is InChI=1S/C58H34.2C2H6/c1-5-17-35(18-6-1)39-31-32-40(36-19-7-2-8-20-36)56-49-33-47-44-28-16-30-46-54(44)50(34-48(47)43-27-15-29-45(53(43)49)55(39)56)58-52(38-23-11-4-12-24-38)42-26-14-13-25-41(42)51(57(46)58)37-21-9-3-10-22-37;2*1-2/h1-34H;2*1-2H3. The molecule has 0 spiro atoms. The highest BCUT2D eigenvalue weighted by molar-refractivity contribution is 6.45. The lowest BCUT2D eigenvalue weighted by Crippen LogP contribution is -1.89. The minimum absolute atomic E-state index is 1.24. The summed E-state index contributed by atoms with van der Waals surface area (Å²) in [4.78, 5) is 0. The molecule has 62 heavy (non-hydrogen) atoms. The summed E-state index contributed by atoms with van der Waals surface area (Å²) in [7, 11) is 0. The van der Waals surface area contributed by atoms with Crippen LogP contribution in [0.4, 0.5) is 0 Å². The molecule has 0 heterocycles. The topological polar surface area (TPSA) is 0 Å². The van der Waals surface area contributed by atoms with Gasteiger partial charge in [-0.05, 0) is 143 Å². The fourth-order valence-corrected chi connectivity index (χ4v) is 10.6. The Hall–Kier alpha value is -7.54. The number of hydrogen-bond donors (Lipinski definition) is 0. The van der Waals surface area contributed by atoms with E-state index in [1.807, 2.05) is 27.7 Å². The maximum Gasteiger partial charge on any atom is -0.000719 e. The maximum absolute atomic E-state index is 2.55. The SMILES string of the molecule is CC.CC.c1ccc(-c2ccc(-c3ccccc3)c3c4cc5c(cc6c7c(-c8ccccc8)c8ccccc8c(-c8ccccc8)c7c7cccc5c76)c5cccc(c23)c54)cc1. The van der Waals surface area contributed by atoms with Crippen LogP contribution in [-0.2, 0) is 0 Å². The van der Waals surface area contributed by atoms with Gasteiger partial charge in [-0.1, -0.05) is 222 Å². The van der Waals surface area contributed by atoms with E-state index in [9.17, 15) is 0 Å². The molecule has 0 nitrogen and oxygen atoms in total. The Morgan fingerprint density at radius 1 is 0.194 bits per heavy atom. The van der Waals surface area contributed by atoms with Crippen LogP contribution in [0.15, 0.2) is 206 Å². The summed E-state index contributed by atoms with van der Waals surface area (Å²) in [5, 5.41) is 21.1. The van der Waals surface area contributed by atoms with Crippen LogP contribution < -0.4 is 0 Å². The van der Waals surface area contributed by atoms with E-state index in [1.54, 1.807) is 0 Å². The molecule has 13 aromatic carbocycles. The van der Waals surface area contributed by atoms with Gasteiger partial charge in [0.2, 0.25) is 0 Å². The van der Waals surface area contributed by atoms with Crippen molar-refractivity contribution in [2.24, 2.45) is 0 Å². The zero-order valence-corrected chi connectivity index (χ0v) is 35.6. The van der Waals surface area contributed by atoms with Crippen molar-refractivity contribution in [1.29, 1.82) is 0 Å². The van der Waals surface area contributed by atoms with Gasteiger partial charge in [-0.25, -0.2) is 0 Å². The molecular weight excluding hydrogens is 745 g/mol. The first-order valence-electron chi connectivity index (χ1n) is 22.3. The number of fused-ring (bicyclic) bond motifs is 10. The van der Waals surface area contributed by atoms with E-state index in [2.05, 4.69) is 206 Å². The average Bonchev–Trinajstić information content (AvgIpc) is 3.87. The van der Waals surface area contributed by atoms with Gasteiger partial charge in [0.1, 0.15) is 0 Å². The van der Waals surface area contributed by atoms with Crippen LogP contribution in [0.3, 0.4) is 0 Å². The van der Waals surface area contributed by atoms with Crippen LogP contribution in [0.2, 0.25) is 0 Å². The first-order valence-corrected chi connectivity index (χ1v) is 22.3. The van der Waals surface area contributed by atoms with Crippen molar-refractivity contribution in [3.63, 3.8) is 0 Å². The smallest absolute Gasteiger partial charge is 0.000719 e. The van der Waals surface area contributed by atoms with Gasteiger partial charge in [-0.15, -0.1) is 0 Å². The Labute approximate surface area is 363 Å². The van der Waals surface area contributed by atoms with Crippen LogP contribution in [0.5, 0.6) is 0 Å². The van der Waals surface area contributed by atoms with Crippen LogP contribution in [-0.4, -0.2) is 0 Å². The molecule has 0 bridgehead atoms. The third kappa shape index (κ3) is 5.40. The van der Waals surface area contributed by atoms with Crippen molar-refractivity contribution in [3.05, 3.63) is 206 Å². The third-order valence-corrected chi connectivity index (χ3v) is 12.9. The van der Waals surface area contributed by atoms with Crippen molar-refractivity contribution in [2.75, 3.05) is 0 Å². The monoisotopic (exact) mass is 790 g/mol. The largest absolute Gasteiger partial charge is 0.0683 e. The lowest BCUT2D eigenvalue weighted by atomic mass is 9.86. The summed E-state index contributed by atoms with van der Waals surface area (Å²) in [5.41, 5.74) is 10.1. The van der Waals surface area contributed by atoms with Gasteiger partial charge >= 0.3 is 0 Å². The molecule has 294 valence electrons. The average molecular weight is 791 g/mol. The van der Waals surface area contributed by atoms with Crippen molar-refractivity contribution in [2.45, 2.75) is 27.7 Å². The molecule has 0 saturated carbocycles. The Morgan fingerprint density at radius 3 is 0.935 bits per heavy atom. The third-order valence-electron chi connectivity index (χ3n) is 12.9. The van der Waals surface area contributed by atoms with E-state index in [0.717, 1.165) is 0 Å². The summed E-state index contributed by atoms with van der Waals surface area (Å²) >= 11 is 0. The van der Waals surface area contributed by atoms with Gasteiger partial charge in [0.15, 0.2) is 0 Å². The van der Waals surface area contributed by atoms with E-state index in [0.29, 0.717) is 0 Å². The summed E-state index contributed by atoms with van der Waals surface area (Å²) in [5.74, 6) is 0. The van der Waals surface area contributed by atoms with Crippen LogP contribution in [0.25, 0.3) is 131 Å². The second-order valence-corrected chi connectivity index (χ2v) is 15.8. The number of rotatable bonds is 4. The number of hydrogen-bond acceptors (Lipinski definition) is 0. The van der Waals surface area contributed by atoms with E-state index >= 15 is 0 Å². The number of benzene rings is 11. The van der Waals surface area contributed by atoms with Crippen LogP contribution >= 0.6 is 0 Å². The van der Waals surface area contributed by atoms with Gasteiger partial charge in [-0.2, -0.15) is 0 Å². The van der Waals surface area contributed by atoms with Crippen molar-refractivity contribution in [3.8, 4) is 44.5 Å². The molecule has 0 radical (unpaired) electrons. The van der Waals surface area contributed by atoms with Gasteiger partial charge in [0, 0.05) is 0 Å². The van der Waals surface area contributed by atoms with Crippen LogP contribution in [0.1, 0.15) is 27.7 Å². The highest BCUT2D eigenvalue weighted by atomic mass is 14.3. The second kappa shape index (κ2) is 15.2. The lowest BCUT2D eigenvalue weighted by Gasteiger charge is -2.16. The summed E-state index contributed by atoms with van der Waals surface area (Å²) in [6, 6.07) is 76.8. The minimum Gasteiger partial charge on any atom is -0.0683 e. The fourth-order valence-electron chi connectivity index (χ4n) is 10.6. The summed E-state index contributed by atoms with van der Waals surface area (Å²) in [6.07, 6.45) is 0.